The van der Waals surface area contributed by atoms with Crippen LogP contribution in [0.1, 0.15) is 10.4 Å². The molecule has 0 unspecified atom stereocenters. The number of amides is 1. The molecule has 0 saturated carbocycles. The minimum Gasteiger partial charge on any atom is -0.497 e. The first kappa shape index (κ1) is 11.8. The number of primary amides is 1. The van der Waals surface area contributed by atoms with Crippen LogP contribution in [0.3, 0.4) is 0 Å². The van der Waals surface area contributed by atoms with Crippen molar-refractivity contribution in [2.75, 3.05) is 13.7 Å². The fraction of sp³-hybridized carbons (Fsp3) is 0.200. The van der Waals surface area contributed by atoms with Gasteiger partial charge in [-0.15, -0.1) is 0 Å². The Hall–Kier alpha value is -2.24. The molecule has 6 heteroatoms. The standard InChI is InChI=1S/C10H11NO5/c1-15-7-2-6(10(13)14)3-8(4-7)16-5-9(11)12/h2-4H,5H2,1H3,(H2,11,12)(H,13,14). The van der Waals surface area contributed by atoms with Gasteiger partial charge in [0.2, 0.25) is 0 Å². The van der Waals surface area contributed by atoms with Gasteiger partial charge in [-0.1, -0.05) is 0 Å². The molecular formula is C10H11NO5. The highest BCUT2D eigenvalue weighted by Crippen LogP contribution is 2.22. The summed E-state index contributed by atoms with van der Waals surface area (Å²) in [6.45, 7) is -0.313. The molecule has 6 nitrogen and oxygen atoms in total. The van der Waals surface area contributed by atoms with Gasteiger partial charge in [-0.25, -0.2) is 4.79 Å². The highest BCUT2D eigenvalue weighted by atomic mass is 16.5. The number of hydrogen-bond acceptors (Lipinski definition) is 4. The van der Waals surface area contributed by atoms with Crippen molar-refractivity contribution in [1.82, 2.24) is 0 Å². The molecule has 1 amide bonds. The molecule has 0 aliphatic rings. The zero-order valence-electron chi connectivity index (χ0n) is 8.60. The molecular weight excluding hydrogens is 214 g/mol. The van der Waals surface area contributed by atoms with Crippen LogP contribution in [0.2, 0.25) is 0 Å². The van der Waals surface area contributed by atoms with Gasteiger partial charge in [0.1, 0.15) is 11.5 Å². The van der Waals surface area contributed by atoms with E-state index in [1.54, 1.807) is 0 Å². The van der Waals surface area contributed by atoms with Crippen LogP contribution in [0.15, 0.2) is 18.2 Å². The summed E-state index contributed by atoms with van der Waals surface area (Å²) in [6.07, 6.45) is 0. The van der Waals surface area contributed by atoms with Crippen LogP contribution in [-0.4, -0.2) is 30.7 Å². The third-order valence-electron chi connectivity index (χ3n) is 1.74. The lowest BCUT2D eigenvalue weighted by molar-refractivity contribution is -0.119. The molecule has 0 spiro atoms. The average Bonchev–Trinajstić information content (AvgIpc) is 2.25. The molecule has 0 radical (unpaired) electrons. The smallest absolute Gasteiger partial charge is 0.335 e. The lowest BCUT2D eigenvalue weighted by atomic mass is 10.2. The zero-order chi connectivity index (χ0) is 12.1. The van der Waals surface area contributed by atoms with Crippen LogP contribution in [0.5, 0.6) is 11.5 Å². The van der Waals surface area contributed by atoms with Crippen molar-refractivity contribution in [2.45, 2.75) is 0 Å². The Balaban J connectivity index is 2.95. The van der Waals surface area contributed by atoms with Crippen LogP contribution in [-0.2, 0) is 4.79 Å². The van der Waals surface area contributed by atoms with Crippen molar-refractivity contribution in [3.05, 3.63) is 23.8 Å². The molecule has 1 rings (SSSR count). The predicted octanol–water partition coefficient (Wildman–Crippen LogP) is 0.257. The molecule has 3 N–H and O–H groups in total. The van der Waals surface area contributed by atoms with E-state index in [4.69, 9.17) is 20.3 Å². The monoisotopic (exact) mass is 225 g/mol. The number of nitrogens with two attached hydrogens (primary N) is 1. The number of carboxylic acid groups (broad SMARTS) is 1. The number of methoxy groups -OCH3 is 1. The summed E-state index contributed by atoms with van der Waals surface area (Å²) in [5, 5.41) is 8.80. The summed E-state index contributed by atoms with van der Waals surface area (Å²) in [6, 6.07) is 4.10. The fourth-order valence-corrected chi connectivity index (χ4v) is 1.05. The Kier molecular flexibility index (Phi) is 3.71. The van der Waals surface area contributed by atoms with Crippen molar-refractivity contribution in [2.24, 2.45) is 5.73 Å². The predicted molar refractivity (Wildman–Crippen MR) is 54.6 cm³/mol. The van der Waals surface area contributed by atoms with Crippen molar-refractivity contribution in [3.8, 4) is 11.5 Å². The Morgan fingerprint density at radius 1 is 1.31 bits per heavy atom. The van der Waals surface area contributed by atoms with Crippen molar-refractivity contribution in [3.63, 3.8) is 0 Å². The van der Waals surface area contributed by atoms with E-state index in [-0.39, 0.29) is 17.9 Å². The largest absolute Gasteiger partial charge is 0.497 e. The molecule has 0 fully saturated rings. The quantitative estimate of drug-likeness (QED) is 0.748. The third kappa shape index (κ3) is 3.16. The summed E-state index contributed by atoms with van der Waals surface area (Å²) in [4.78, 5) is 21.3. The van der Waals surface area contributed by atoms with Gasteiger partial charge >= 0.3 is 5.97 Å². The molecule has 0 aromatic heterocycles. The maximum Gasteiger partial charge on any atom is 0.335 e. The highest BCUT2D eigenvalue weighted by Gasteiger charge is 2.08. The van der Waals surface area contributed by atoms with Crippen molar-refractivity contribution in [1.29, 1.82) is 0 Å². The van der Waals surface area contributed by atoms with E-state index >= 15 is 0 Å². The Morgan fingerprint density at radius 2 is 1.94 bits per heavy atom. The molecule has 0 atom stereocenters. The van der Waals surface area contributed by atoms with Crippen LogP contribution in [0, 0.1) is 0 Å². The minimum absolute atomic E-state index is 0.0128. The topological polar surface area (TPSA) is 98.9 Å². The second kappa shape index (κ2) is 5.01. The normalized spacial score (nSPS) is 9.56. The molecule has 1 aromatic rings. The van der Waals surface area contributed by atoms with Gasteiger partial charge in [-0.3, -0.25) is 4.79 Å². The average molecular weight is 225 g/mol. The highest BCUT2D eigenvalue weighted by molar-refractivity contribution is 5.88. The third-order valence-corrected chi connectivity index (χ3v) is 1.74. The summed E-state index contributed by atoms with van der Waals surface area (Å²) in [7, 11) is 1.40. The number of carboxylic acids is 1. The Labute approximate surface area is 91.6 Å². The summed E-state index contributed by atoms with van der Waals surface area (Å²) in [5.41, 5.74) is 4.91. The molecule has 0 aliphatic heterocycles. The number of hydrogen-bond donors (Lipinski definition) is 2. The van der Waals surface area contributed by atoms with Crippen LogP contribution < -0.4 is 15.2 Å². The maximum atomic E-state index is 10.8. The van der Waals surface area contributed by atoms with Crippen molar-refractivity contribution >= 4 is 11.9 Å². The second-order valence-corrected chi connectivity index (χ2v) is 2.96. The number of rotatable bonds is 5. The minimum atomic E-state index is -1.11. The van der Waals surface area contributed by atoms with E-state index in [2.05, 4.69) is 0 Å². The van der Waals surface area contributed by atoms with Gasteiger partial charge in [0.05, 0.1) is 12.7 Å². The first-order valence-corrected chi connectivity index (χ1v) is 4.36. The lowest BCUT2D eigenvalue weighted by Gasteiger charge is -2.07. The second-order valence-electron chi connectivity index (χ2n) is 2.96. The number of carbonyl (C=O) groups excluding carboxylic acids is 1. The number of carbonyl (C=O) groups is 2. The van der Waals surface area contributed by atoms with E-state index in [0.29, 0.717) is 5.75 Å². The van der Waals surface area contributed by atoms with Gasteiger partial charge in [-0.05, 0) is 12.1 Å². The van der Waals surface area contributed by atoms with Crippen LogP contribution in [0.25, 0.3) is 0 Å². The Bertz CT molecular complexity index is 416. The SMILES string of the molecule is COc1cc(OCC(N)=O)cc(C(=O)O)c1. The van der Waals surface area contributed by atoms with E-state index in [1.807, 2.05) is 0 Å². The maximum absolute atomic E-state index is 10.8. The van der Waals surface area contributed by atoms with E-state index in [1.165, 1.54) is 25.3 Å². The van der Waals surface area contributed by atoms with E-state index in [0.717, 1.165) is 0 Å². The molecule has 0 bridgehead atoms. The molecule has 1 aromatic carbocycles. The van der Waals surface area contributed by atoms with Gasteiger partial charge in [-0.2, -0.15) is 0 Å². The summed E-state index contributed by atoms with van der Waals surface area (Å²) in [5.74, 6) is -1.20. The summed E-state index contributed by atoms with van der Waals surface area (Å²) >= 11 is 0. The molecule has 0 saturated heterocycles. The molecule has 16 heavy (non-hydrogen) atoms. The zero-order valence-corrected chi connectivity index (χ0v) is 8.60. The molecule has 0 aliphatic carbocycles. The number of ether oxygens (including phenoxy) is 2. The lowest BCUT2D eigenvalue weighted by Crippen LogP contribution is -2.20. The first-order chi connectivity index (χ1) is 7.52. The van der Waals surface area contributed by atoms with Gasteiger partial charge in [0.25, 0.3) is 5.91 Å². The van der Waals surface area contributed by atoms with Gasteiger partial charge in [0, 0.05) is 6.07 Å². The van der Waals surface area contributed by atoms with Crippen LogP contribution in [0.4, 0.5) is 0 Å². The molecule has 0 heterocycles. The number of aromatic carboxylic acids is 1. The molecule has 86 valence electrons. The van der Waals surface area contributed by atoms with E-state index < -0.39 is 11.9 Å². The van der Waals surface area contributed by atoms with E-state index in [9.17, 15) is 9.59 Å². The van der Waals surface area contributed by atoms with Gasteiger partial charge in [0.15, 0.2) is 6.61 Å². The fourth-order valence-electron chi connectivity index (χ4n) is 1.05. The summed E-state index contributed by atoms with van der Waals surface area (Å²) < 4.78 is 9.88. The Morgan fingerprint density at radius 3 is 2.44 bits per heavy atom. The van der Waals surface area contributed by atoms with Crippen molar-refractivity contribution < 1.29 is 24.2 Å². The van der Waals surface area contributed by atoms with Gasteiger partial charge < -0.3 is 20.3 Å². The first-order valence-electron chi connectivity index (χ1n) is 4.36. The van der Waals surface area contributed by atoms with Crippen LogP contribution >= 0.6 is 0 Å². The number of benzene rings is 1.